The Labute approximate surface area is 81.4 Å². The molecule has 0 aromatic rings. The molecular formula is C13H18. The molecule has 0 heteroatoms. The Morgan fingerprint density at radius 1 is 1.46 bits per heavy atom. The summed E-state index contributed by atoms with van der Waals surface area (Å²) in [4.78, 5) is 0. The minimum atomic E-state index is 1.08. The molecule has 70 valence electrons. The van der Waals surface area contributed by atoms with E-state index < -0.39 is 0 Å². The van der Waals surface area contributed by atoms with E-state index in [2.05, 4.69) is 50.3 Å². The van der Waals surface area contributed by atoms with Crippen LogP contribution in [0.3, 0.4) is 0 Å². The molecule has 1 aliphatic rings. The molecule has 0 nitrogen and oxygen atoms in total. The highest BCUT2D eigenvalue weighted by Crippen LogP contribution is 2.16. The van der Waals surface area contributed by atoms with Crippen molar-refractivity contribution in [1.29, 1.82) is 0 Å². The molecule has 0 aliphatic heterocycles. The Kier molecular flexibility index (Phi) is 4.31. The van der Waals surface area contributed by atoms with Crippen molar-refractivity contribution in [3.63, 3.8) is 0 Å². The molecule has 13 heavy (non-hydrogen) atoms. The fraction of sp³-hybridized carbons (Fsp3) is 0.385. The third kappa shape index (κ3) is 3.45. The van der Waals surface area contributed by atoms with Crippen LogP contribution in [0.5, 0.6) is 0 Å². The summed E-state index contributed by atoms with van der Waals surface area (Å²) in [7, 11) is 0. The molecule has 1 rings (SSSR count). The molecule has 0 fully saturated rings. The number of hydrogen-bond acceptors (Lipinski definition) is 0. The van der Waals surface area contributed by atoms with E-state index in [4.69, 9.17) is 0 Å². The summed E-state index contributed by atoms with van der Waals surface area (Å²) in [5, 5.41) is 0. The molecule has 0 aromatic carbocycles. The Bertz CT molecular complexity index is 262. The van der Waals surface area contributed by atoms with Gasteiger partial charge in [0.05, 0.1) is 0 Å². The quantitative estimate of drug-likeness (QED) is 0.602. The summed E-state index contributed by atoms with van der Waals surface area (Å²) in [5.41, 5.74) is 2.84. The van der Waals surface area contributed by atoms with Gasteiger partial charge in [0.2, 0.25) is 0 Å². The number of unbranched alkanes of at least 4 members (excludes halogenated alkanes) is 1. The monoisotopic (exact) mass is 174 g/mol. The zero-order valence-electron chi connectivity index (χ0n) is 8.59. The molecule has 0 aromatic heterocycles. The molecule has 0 radical (unpaired) electrons. The summed E-state index contributed by atoms with van der Waals surface area (Å²) in [6.07, 6.45) is 16.6. The first-order chi connectivity index (χ1) is 6.34. The minimum Gasteiger partial charge on any atom is -0.0843 e. The van der Waals surface area contributed by atoms with E-state index >= 15 is 0 Å². The summed E-state index contributed by atoms with van der Waals surface area (Å²) in [6, 6.07) is 0. The zero-order chi connectivity index (χ0) is 9.52. The van der Waals surface area contributed by atoms with Gasteiger partial charge in [-0.15, -0.1) is 0 Å². The number of allylic oxidation sites excluding steroid dienone is 8. The van der Waals surface area contributed by atoms with Crippen LogP contribution in [0.15, 0.2) is 47.6 Å². The first kappa shape index (κ1) is 10.0. The van der Waals surface area contributed by atoms with Gasteiger partial charge in [-0.2, -0.15) is 0 Å². The highest BCUT2D eigenvalue weighted by Gasteiger charge is 1.96. The molecule has 0 unspecified atom stereocenters. The normalized spacial score (nSPS) is 19.8. The van der Waals surface area contributed by atoms with Crippen LogP contribution < -0.4 is 0 Å². The summed E-state index contributed by atoms with van der Waals surface area (Å²) in [5.74, 6) is 0. The molecule has 0 heterocycles. The van der Waals surface area contributed by atoms with Crippen LogP contribution in [0.25, 0.3) is 0 Å². The molecule has 0 saturated heterocycles. The lowest BCUT2D eigenvalue weighted by Gasteiger charge is -2.04. The number of rotatable bonds is 3. The average molecular weight is 174 g/mol. The highest BCUT2D eigenvalue weighted by atomic mass is 14.0. The summed E-state index contributed by atoms with van der Waals surface area (Å²) in [6.45, 7) is 4.39. The standard InChI is InChI=1S/C13H18/c1-3-4-6-9-12(2)13-10-7-5-8-11-13/h5-10H,3-4,11H2,1-2H3/b9-6-,13-12-. The third-order valence-corrected chi connectivity index (χ3v) is 2.21. The predicted molar refractivity (Wildman–Crippen MR) is 59.6 cm³/mol. The van der Waals surface area contributed by atoms with E-state index in [9.17, 15) is 0 Å². The van der Waals surface area contributed by atoms with Crippen molar-refractivity contribution in [2.24, 2.45) is 0 Å². The van der Waals surface area contributed by atoms with Crippen molar-refractivity contribution in [3.05, 3.63) is 47.6 Å². The Morgan fingerprint density at radius 3 is 2.92 bits per heavy atom. The maximum atomic E-state index is 2.26. The van der Waals surface area contributed by atoms with Crippen molar-refractivity contribution in [1.82, 2.24) is 0 Å². The maximum absolute atomic E-state index is 2.26. The van der Waals surface area contributed by atoms with Crippen LogP contribution in [0, 0.1) is 0 Å². The fourth-order valence-corrected chi connectivity index (χ4v) is 1.34. The van der Waals surface area contributed by atoms with Crippen molar-refractivity contribution < 1.29 is 0 Å². The van der Waals surface area contributed by atoms with Crippen molar-refractivity contribution >= 4 is 0 Å². The molecule has 0 saturated carbocycles. The van der Waals surface area contributed by atoms with E-state index in [1.807, 2.05) is 0 Å². The molecular weight excluding hydrogens is 156 g/mol. The first-order valence-electron chi connectivity index (χ1n) is 5.04. The molecule has 0 atom stereocenters. The highest BCUT2D eigenvalue weighted by molar-refractivity contribution is 5.37. The number of hydrogen-bond donors (Lipinski definition) is 0. The summed E-state index contributed by atoms with van der Waals surface area (Å²) >= 11 is 0. The predicted octanol–water partition coefficient (Wildman–Crippen LogP) is 4.18. The van der Waals surface area contributed by atoms with Crippen LogP contribution in [0.1, 0.15) is 33.1 Å². The van der Waals surface area contributed by atoms with Crippen molar-refractivity contribution in [2.75, 3.05) is 0 Å². The Morgan fingerprint density at radius 2 is 2.31 bits per heavy atom. The second-order valence-electron chi connectivity index (χ2n) is 3.39. The van der Waals surface area contributed by atoms with Crippen LogP contribution in [0.2, 0.25) is 0 Å². The maximum Gasteiger partial charge on any atom is -0.00917 e. The van der Waals surface area contributed by atoms with Gasteiger partial charge in [-0.05, 0) is 30.9 Å². The van der Waals surface area contributed by atoms with Crippen LogP contribution in [0.4, 0.5) is 0 Å². The molecule has 0 bridgehead atoms. The van der Waals surface area contributed by atoms with E-state index in [1.165, 1.54) is 24.0 Å². The Balaban J connectivity index is 2.58. The van der Waals surface area contributed by atoms with Gasteiger partial charge in [0.15, 0.2) is 0 Å². The van der Waals surface area contributed by atoms with Crippen molar-refractivity contribution in [2.45, 2.75) is 33.1 Å². The van der Waals surface area contributed by atoms with Crippen LogP contribution in [-0.4, -0.2) is 0 Å². The molecule has 0 amide bonds. The van der Waals surface area contributed by atoms with Gasteiger partial charge in [0, 0.05) is 0 Å². The van der Waals surface area contributed by atoms with Gasteiger partial charge in [-0.1, -0.05) is 49.8 Å². The average Bonchev–Trinajstić information content (AvgIpc) is 2.19. The largest absolute Gasteiger partial charge is 0.0843 e. The van der Waals surface area contributed by atoms with Gasteiger partial charge in [-0.3, -0.25) is 0 Å². The van der Waals surface area contributed by atoms with Gasteiger partial charge < -0.3 is 0 Å². The lowest BCUT2D eigenvalue weighted by atomic mass is 10.0. The van der Waals surface area contributed by atoms with Crippen molar-refractivity contribution in [3.8, 4) is 0 Å². The van der Waals surface area contributed by atoms with Gasteiger partial charge in [0.25, 0.3) is 0 Å². The van der Waals surface area contributed by atoms with E-state index in [1.54, 1.807) is 0 Å². The fourth-order valence-electron chi connectivity index (χ4n) is 1.34. The zero-order valence-corrected chi connectivity index (χ0v) is 8.59. The molecule has 0 N–H and O–H groups in total. The second kappa shape index (κ2) is 5.58. The lowest BCUT2D eigenvalue weighted by molar-refractivity contribution is 0.957. The molecule has 1 aliphatic carbocycles. The van der Waals surface area contributed by atoms with Gasteiger partial charge >= 0.3 is 0 Å². The molecule has 0 spiro atoms. The van der Waals surface area contributed by atoms with Crippen LogP contribution in [-0.2, 0) is 0 Å². The van der Waals surface area contributed by atoms with Gasteiger partial charge in [-0.25, -0.2) is 0 Å². The van der Waals surface area contributed by atoms with Crippen LogP contribution >= 0.6 is 0 Å². The van der Waals surface area contributed by atoms with E-state index in [0.717, 1.165) is 6.42 Å². The summed E-state index contributed by atoms with van der Waals surface area (Å²) < 4.78 is 0. The van der Waals surface area contributed by atoms with Gasteiger partial charge in [0.1, 0.15) is 0 Å². The minimum absolute atomic E-state index is 1.08. The van der Waals surface area contributed by atoms with E-state index in [0.29, 0.717) is 0 Å². The SMILES string of the molecule is CCC/C=C\C(C)=C1\C=CC=CC1. The first-order valence-corrected chi connectivity index (χ1v) is 5.04. The third-order valence-electron chi connectivity index (χ3n) is 2.21. The lowest BCUT2D eigenvalue weighted by Crippen LogP contribution is -1.84. The van der Waals surface area contributed by atoms with E-state index in [-0.39, 0.29) is 0 Å². The topological polar surface area (TPSA) is 0 Å². The second-order valence-corrected chi connectivity index (χ2v) is 3.39. The smallest absolute Gasteiger partial charge is 0.00917 e. The Hall–Kier alpha value is -1.04.